The lowest BCUT2D eigenvalue weighted by Gasteiger charge is -2.43. The molecule has 0 aromatic heterocycles. The molecule has 3 aromatic rings. The average molecular weight is 553 g/mol. The van der Waals surface area contributed by atoms with Crippen molar-refractivity contribution in [2.24, 2.45) is 5.92 Å². The number of hydrogen-bond acceptors (Lipinski definition) is 4. The molecule has 2 spiro atoms. The molecule has 0 aliphatic carbocycles. The third kappa shape index (κ3) is 2.69. The van der Waals surface area contributed by atoms with Gasteiger partial charge in [-0.25, -0.2) is 0 Å². The first kappa shape index (κ1) is 23.2. The molecule has 3 aromatic carbocycles. The molecule has 2 fully saturated rings. The van der Waals surface area contributed by atoms with Crippen molar-refractivity contribution in [1.82, 2.24) is 4.90 Å². The van der Waals surface area contributed by atoms with Gasteiger partial charge in [0.1, 0.15) is 11.0 Å². The molecule has 6 nitrogen and oxygen atoms in total. The quantitative estimate of drug-likeness (QED) is 0.402. The van der Waals surface area contributed by atoms with Crippen molar-refractivity contribution < 1.29 is 14.4 Å². The van der Waals surface area contributed by atoms with Gasteiger partial charge in [-0.05, 0) is 67.4 Å². The molecule has 4 aliphatic heterocycles. The largest absolute Gasteiger partial charge is 0.325 e. The van der Waals surface area contributed by atoms with Crippen molar-refractivity contribution in [2.45, 2.75) is 29.8 Å². The van der Waals surface area contributed by atoms with Crippen molar-refractivity contribution >= 4 is 63.8 Å². The number of Topliss-reactive ketones (excluding diaryl/α,β-unsaturated/α-hetero) is 1. The summed E-state index contributed by atoms with van der Waals surface area (Å²) < 4.78 is 0. The number of fused-ring (bicyclic) bond motifs is 7. The third-order valence-electron chi connectivity index (χ3n) is 8.54. The van der Waals surface area contributed by atoms with Gasteiger partial charge in [0.25, 0.3) is 5.91 Å². The molecule has 0 saturated carbocycles. The maximum atomic E-state index is 14.6. The number of ketones is 1. The second-order valence-corrected chi connectivity index (χ2v) is 11.3. The Kier molecular flexibility index (Phi) is 4.90. The van der Waals surface area contributed by atoms with Crippen LogP contribution in [0.15, 0.2) is 60.7 Å². The van der Waals surface area contributed by atoms with Crippen LogP contribution in [0.25, 0.3) is 0 Å². The summed E-state index contributed by atoms with van der Waals surface area (Å²) in [4.78, 5) is 45.4. The summed E-state index contributed by atoms with van der Waals surface area (Å²) in [5.41, 5.74) is -0.312. The number of rotatable bonds is 2. The second kappa shape index (κ2) is 7.81. The number of carbonyl (C=O) groups is 3. The zero-order chi connectivity index (χ0) is 25.7. The van der Waals surface area contributed by atoms with Crippen LogP contribution in [-0.4, -0.2) is 35.1 Å². The first-order valence-electron chi connectivity index (χ1n) is 12.1. The lowest BCUT2D eigenvalue weighted by Crippen LogP contribution is -2.62. The van der Waals surface area contributed by atoms with Crippen LogP contribution < -0.4 is 10.6 Å². The SMILES string of the molecule is O=C(c1ccc(Cl)cc1Cl)[C@H]1[C@@H]2CCCN2[C@]2(C(=O)Nc3ccc(Cl)cc32)[C@]12C(=O)Nc1ccccc12. The van der Waals surface area contributed by atoms with Crippen LogP contribution in [0.1, 0.15) is 34.3 Å². The van der Waals surface area contributed by atoms with Crippen LogP contribution >= 0.6 is 34.8 Å². The minimum absolute atomic E-state index is 0.212. The van der Waals surface area contributed by atoms with Crippen molar-refractivity contribution in [3.63, 3.8) is 0 Å². The standard InChI is InChI=1S/C28H20Cl3N3O3/c29-14-8-10-21-18(12-14)28(26(37)33-21)27(17-4-1-2-5-20(17)32-25(27)36)23(22-6-3-11-34(22)28)24(35)16-9-7-15(30)13-19(16)31/h1-2,4-5,7-10,12-13,22-23H,3,6,11H2,(H,32,36)(H,33,37)/t22-,23+,27-,28+/m0/s1. The van der Waals surface area contributed by atoms with Crippen molar-refractivity contribution in [3.05, 3.63) is 92.4 Å². The molecule has 9 heteroatoms. The molecule has 0 radical (unpaired) electrons. The van der Waals surface area contributed by atoms with E-state index in [0.717, 1.165) is 6.42 Å². The third-order valence-corrected chi connectivity index (χ3v) is 9.32. The maximum Gasteiger partial charge on any atom is 0.251 e. The molecule has 2 amide bonds. The summed E-state index contributed by atoms with van der Waals surface area (Å²) in [6.07, 6.45) is 1.44. The average Bonchev–Trinajstić information content (AvgIpc) is 3.58. The Balaban J connectivity index is 1.60. The van der Waals surface area contributed by atoms with Gasteiger partial charge in [-0.2, -0.15) is 0 Å². The van der Waals surface area contributed by atoms with E-state index in [9.17, 15) is 14.4 Å². The maximum absolute atomic E-state index is 14.6. The van der Waals surface area contributed by atoms with Crippen LogP contribution in [-0.2, 0) is 20.5 Å². The number of benzene rings is 3. The van der Waals surface area contributed by atoms with Crippen LogP contribution in [0.5, 0.6) is 0 Å². The first-order valence-corrected chi connectivity index (χ1v) is 13.2. The Morgan fingerprint density at radius 2 is 1.57 bits per heavy atom. The van der Waals surface area contributed by atoms with Gasteiger partial charge in [0.2, 0.25) is 5.91 Å². The fraction of sp³-hybridized carbons (Fsp3) is 0.250. The van der Waals surface area contributed by atoms with Crippen molar-refractivity contribution in [2.75, 3.05) is 17.2 Å². The number of anilines is 2. The van der Waals surface area contributed by atoms with Crippen molar-refractivity contribution in [1.29, 1.82) is 0 Å². The van der Waals surface area contributed by atoms with E-state index in [1.54, 1.807) is 30.3 Å². The highest BCUT2D eigenvalue weighted by Crippen LogP contribution is 2.68. The van der Waals surface area contributed by atoms with E-state index in [1.165, 1.54) is 6.07 Å². The van der Waals surface area contributed by atoms with E-state index < -0.39 is 16.9 Å². The zero-order valence-electron chi connectivity index (χ0n) is 19.4. The van der Waals surface area contributed by atoms with Gasteiger partial charge in [-0.1, -0.05) is 53.0 Å². The minimum atomic E-state index is -1.55. The lowest BCUT2D eigenvalue weighted by atomic mass is 9.57. The number of nitrogens with one attached hydrogen (secondary N) is 2. The summed E-state index contributed by atoms with van der Waals surface area (Å²) in [6, 6.07) is 16.9. The minimum Gasteiger partial charge on any atom is -0.325 e. The normalized spacial score (nSPS) is 29.4. The highest BCUT2D eigenvalue weighted by molar-refractivity contribution is 6.37. The van der Waals surface area contributed by atoms with E-state index in [1.807, 2.05) is 24.3 Å². The monoisotopic (exact) mass is 551 g/mol. The summed E-state index contributed by atoms with van der Waals surface area (Å²) in [6.45, 7) is 0.555. The summed E-state index contributed by atoms with van der Waals surface area (Å²) in [7, 11) is 0. The molecular weight excluding hydrogens is 533 g/mol. The van der Waals surface area contributed by atoms with Crippen LogP contribution in [0, 0.1) is 5.92 Å². The number of hydrogen-bond donors (Lipinski definition) is 2. The molecule has 7 rings (SSSR count). The molecular formula is C28H20Cl3N3O3. The molecule has 0 bridgehead atoms. The number of amides is 2. The van der Waals surface area contributed by atoms with Crippen molar-refractivity contribution in [3.8, 4) is 0 Å². The van der Waals surface area contributed by atoms with E-state index in [-0.39, 0.29) is 34.2 Å². The predicted octanol–water partition coefficient (Wildman–Crippen LogP) is 5.66. The Morgan fingerprint density at radius 3 is 2.38 bits per heavy atom. The van der Waals surface area contributed by atoms with Gasteiger partial charge in [0, 0.05) is 38.6 Å². The van der Waals surface area contributed by atoms with E-state index in [0.29, 0.717) is 45.5 Å². The fourth-order valence-corrected chi connectivity index (χ4v) is 8.08. The Bertz CT molecular complexity index is 1560. The summed E-state index contributed by atoms with van der Waals surface area (Å²) >= 11 is 19.2. The van der Waals surface area contributed by atoms with Crippen LogP contribution in [0.3, 0.4) is 0 Å². The number of nitrogens with zero attached hydrogens (tertiary/aromatic N) is 1. The Labute approximate surface area is 227 Å². The summed E-state index contributed by atoms with van der Waals surface area (Å²) in [5.74, 6) is -1.88. The van der Waals surface area contributed by atoms with Gasteiger partial charge in [0.05, 0.1) is 10.9 Å². The van der Waals surface area contributed by atoms with E-state index in [4.69, 9.17) is 34.8 Å². The predicted molar refractivity (Wildman–Crippen MR) is 143 cm³/mol. The molecule has 2 saturated heterocycles. The molecule has 4 heterocycles. The number of carbonyl (C=O) groups excluding carboxylic acids is 3. The lowest BCUT2D eigenvalue weighted by molar-refractivity contribution is -0.137. The Hall–Kier alpha value is -2.90. The van der Waals surface area contributed by atoms with E-state index in [2.05, 4.69) is 15.5 Å². The van der Waals surface area contributed by atoms with Gasteiger partial charge in [0.15, 0.2) is 5.78 Å². The molecule has 37 heavy (non-hydrogen) atoms. The molecule has 2 N–H and O–H groups in total. The van der Waals surface area contributed by atoms with Gasteiger partial charge >= 0.3 is 0 Å². The number of halogens is 3. The topological polar surface area (TPSA) is 78.5 Å². The smallest absolute Gasteiger partial charge is 0.251 e. The highest BCUT2D eigenvalue weighted by atomic mass is 35.5. The van der Waals surface area contributed by atoms with Gasteiger partial charge < -0.3 is 10.6 Å². The van der Waals surface area contributed by atoms with Gasteiger partial charge in [-0.3, -0.25) is 19.3 Å². The zero-order valence-corrected chi connectivity index (χ0v) is 21.6. The molecule has 0 unspecified atom stereocenters. The van der Waals surface area contributed by atoms with Crippen LogP contribution in [0.2, 0.25) is 15.1 Å². The van der Waals surface area contributed by atoms with E-state index >= 15 is 0 Å². The molecule has 186 valence electrons. The van der Waals surface area contributed by atoms with Crippen LogP contribution in [0.4, 0.5) is 11.4 Å². The Morgan fingerprint density at radius 1 is 0.865 bits per heavy atom. The fourth-order valence-electron chi connectivity index (χ4n) is 7.41. The summed E-state index contributed by atoms with van der Waals surface area (Å²) in [5, 5.41) is 7.09. The number of para-hydroxylation sites is 1. The molecule has 4 aliphatic rings. The molecule has 4 atom stereocenters. The van der Waals surface area contributed by atoms with Gasteiger partial charge in [-0.15, -0.1) is 0 Å². The highest BCUT2D eigenvalue weighted by Gasteiger charge is 2.81. The first-order chi connectivity index (χ1) is 17.8. The second-order valence-electron chi connectivity index (χ2n) is 10.0.